The third-order valence-electron chi connectivity index (χ3n) is 4.24. The van der Waals surface area contributed by atoms with Gasteiger partial charge < -0.3 is 10.2 Å². The van der Waals surface area contributed by atoms with Gasteiger partial charge in [0.25, 0.3) is 0 Å². The van der Waals surface area contributed by atoms with Gasteiger partial charge in [-0.05, 0) is 57.2 Å². The summed E-state index contributed by atoms with van der Waals surface area (Å²) in [6.07, 6.45) is 0. The van der Waals surface area contributed by atoms with Gasteiger partial charge in [-0.1, -0.05) is 12.1 Å². The van der Waals surface area contributed by atoms with Crippen LogP contribution in [0.15, 0.2) is 48.5 Å². The van der Waals surface area contributed by atoms with Crippen molar-refractivity contribution in [2.75, 3.05) is 22.5 Å². The summed E-state index contributed by atoms with van der Waals surface area (Å²) < 4.78 is 1.19. The van der Waals surface area contributed by atoms with Crippen LogP contribution in [0.4, 0.5) is 11.4 Å². The Morgan fingerprint density at radius 1 is 1.19 bits per heavy atom. The molecule has 0 aliphatic carbocycles. The lowest BCUT2D eigenvalue weighted by atomic mass is 10.2. The van der Waals surface area contributed by atoms with Gasteiger partial charge in [-0.3, -0.25) is 4.79 Å². The molecule has 0 fully saturated rings. The van der Waals surface area contributed by atoms with E-state index in [0.29, 0.717) is 11.8 Å². The van der Waals surface area contributed by atoms with Crippen LogP contribution in [0.5, 0.6) is 0 Å². The van der Waals surface area contributed by atoms with Crippen LogP contribution >= 0.6 is 23.1 Å². The summed E-state index contributed by atoms with van der Waals surface area (Å²) in [6, 6.07) is 16.6. The van der Waals surface area contributed by atoms with E-state index in [1.54, 1.807) is 23.1 Å². The van der Waals surface area contributed by atoms with Gasteiger partial charge in [-0.25, -0.2) is 4.98 Å². The van der Waals surface area contributed by atoms with E-state index >= 15 is 0 Å². The van der Waals surface area contributed by atoms with Crippen molar-refractivity contribution in [2.45, 2.75) is 32.6 Å². The molecule has 3 rings (SSSR count). The largest absolute Gasteiger partial charge is 0.369 e. The van der Waals surface area contributed by atoms with Crippen molar-refractivity contribution >= 4 is 50.6 Å². The molecule has 0 unspecified atom stereocenters. The Hall–Kier alpha value is -2.05. The number of aromatic nitrogens is 1. The van der Waals surface area contributed by atoms with E-state index in [2.05, 4.69) is 54.2 Å². The van der Waals surface area contributed by atoms with Crippen LogP contribution in [0, 0.1) is 0 Å². The highest BCUT2D eigenvalue weighted by atomic mass is 32.2. The van der Waals surface area contributed by atoms with E-state index < -0.39 is 0 Å². The maximum Gasteiger partial charge on any atom is 0.234 e. The summed E-state index contributed by atoms with van der Waals surface area (Å²) in [5, 5.41) is 4.03. The Morgan fingerprint density at radius 3 is 2.59 bits per heavy atom. The number of thioether (sulfide) groups is 1. The van der Waals surface area contributed by atoms with Gasteiger partial charge in [0.05, 0.1) is 16.0 Å². The normalized spacial score (nSPS) is 11.1. The second-order valence-electron chi connectivity index (χ2n) is 6.54. The maximum absolute atomic E-state index is 12.2. The summed E-state index contributed by atoms with van der Waals surface area (Å²) in [4.78, 5) is 19.1. The Labute approximate surface area is 169 Å². The number of fused-ring (bicyclic) bond motifs is 1. The van der Waals surface area contributed by atoms with E-state index in [0.717, 1.165) is 28.5 Å². The van der Waals surface area contributed by atoms with E-state index in [1.165, 1.54) is 10.4 Å². The molecular weight excluding hydrogens is 374 g/mol. The number of nitrogens with one attached hydrogen (secondary N) is 1. The van der Waals surface area contributed by atoms with E-state index in [4.69, 9.17) is 0 Å². The zero-order valence-corrected chi connectivity index (χ0v) is 17.6. The molecule has 0 saturated heterocycles. The van der Waals surface area contributed by atoms with E-state index in [-0.39, 0.29) is 5.91 Å². The molecule has 2 aromatic carbocycles. The fourth-order valence-corrected chi connectivity index (χ4v) is 4.84. The number of nitrogens with zero attached hydrogens (tertiary/aromatic N) is 2. The van der Waals surface area contributed by atoms with Crippen LogP contribution in [-0.2, 0) is 10.5 Å². The van der Waals surface area contributed by atoms with Crippen molar-refractivity contribution in [3.8, 4) is 0 Å². The van der Waals surface area contributed by atoms with Crippen molar-refractivity contribution in [1.29, 1.82) is 0 Å². The smallest absolute Gasteiger partial charge is 0.234 e. The lowest BCUT2D eigenvalue weighted by Crippen LogP contribution is -2.30. The van der Waals surface area contributed by atoms with Crippen molar-refractivity contribution in [2.24, 2.45) is 0 Å². The second-order valence-corrected chi connectivity index (χ2v) is 8.64. The van der Waals surface area contributed by atoms with Gasteiger partial charge in [-0.15, -0.1) is 23.1 Å². The molecule has 0 spiro atoms. The summed E-state index contributed by atoms with van der Waals surface area (Å²) in [7, 11) is 0. The quantitative estimate of drug-likeness (QED) is 0.551. The average molecular weight is 400 g/mol. The minimum Gasteiger partial charge on any atom is -0.369 e. The SMILES string of the molecule is CCN(c1ccc(NC(=O)CSCc2nc3ccccc3s2)cc1)C(C)C. The number of hydrogen-bond donors (Lipinski definition) is 1. The fraction of sp³-hybridized carbons (Fsp3) is 0.333. The molecule has 0 radical (unpaired) electrons. The van der Waals surface area contributed by atoms with E-state index in [9.17, 15) is 4.79 Å². The first-order chi connectivity index (χ1) is 13.1. The molecule has 3 aromatic rings. The van der Waals surface area contributed by atoms with Crippen LogP contribution in [-0.4, -0.2) is 29.2 Å². The highest BCUT2D eigenvalue weighted by Crippen LogP contribution is 2.25. The third-order valence-corrected chi connectivity index (χ3v) is 6.41. The molecule has 0 aliphatic heterocycles. The Bertz CT molecular complexity index is 857. The van der Waals surface area contributed by atoms with Gasteiger partial charge in [0.2, 0.25) is 5.91 Å². The molecule has 6 heteroatoms. The van der Waals surface area contributed by atoms with Crippen LogP contribution in [0.25, 0.3) is 10.2 Å². The summed E-state index contributed by atoms with van der Waals surface area (Å²) in [6.45, 7) is 7.48. The number of amides is 1. The molecule has 0 aliphatic rings. The molecule has 142 valence electrons. The lowest BCUT2D eigenvalue weighted by molar-refractivity contribution is -0.113. The Morgan fingerprint density at radius 2 is 1.93 bits per heavy atom. The number of thiazole rings is 1. The van der Waals surface area contributed by atoms with Gasteiger partial charge in [0.1, 0.15) is 5.01 Å². The highest BCUT2D eigenvalue weighted by molar-refractivity contribution is 7.99. The summed E-state index contributed by atoms with van der Waals surface area (Å²) in [5.41, 5.74) is 3.05. The third kappa shape index (κ3) is 5.23. The van der Waals surface area contributed by atoms with Gasteiger partial charge >= 0.3 is 0 Å². The van der Waals surface area contributed by atoms with Crippen molar-refractivity contribution < 1.29 is 4.79 Å². The zero-order valence-electron chi connectivity index (χ0n) is 15.9. The molecule has 1 N–H and O–H groups in total. The molecule has 1 amide bonds. The number of para-hydroxylation sites is 1. The average Bonchev–Trinajstić information content (AvgIpc) is 3.06. The zero-order chi connectivity index (χ0) is 19.2. The predicted octanol–water partition coefficient (Wildman–Crippen LogP) is 5.40. The number of rotatable bonds is 8. The Balaban J connectivity index is 1.48. The molecule has 0 saturated carbocycles. The predicted molar refractivity (Wildman–Crippen MR) is 119 cm³/mol. The lowest BCUT2D eigenvalue weighted by Gasteiger charge is -2.27. The minimum absolute atomic E-state index is 0.0186. The van der Waals surface area contributed by atoms with Crippen molar-refractivity contribution in [1.82, 2.24) is 4.98 Å². The number of benzene rings is 2. The van der Waals surface area contributed by atoms with E-state index in [1.807, 2.05) is 30.3 Å². The van der Waals surface area contributed by atoms with Crippen LogP contribution in [0.3, 0.4) is 0 Å². The van der Waals surface area contributed by atoms with Crippen LogP contribution < -0.4 is 10.2 Å². The van der Waals surface area contributed by atoms with Gasteiger partial charge in [-0.2, -0.15) is 0 Å². The number of carbonyl (C=O) groups is 1. The molecular formula is C21H25N3OS2. The van der Waals surface area contributed by atoms with Gasteiger partial charge in [0, 0.05) is 29.7 Å². The first-order valence-electron chi connectivity index (χ1n) is 9.15. The number of hydrogen-bond acceptors (Lipinski definition) is 5. The minimum atomic E-state index is 0.0186. The second kappa shape index (κ2) is 9.24. The van der Waals surface area contributed by atoms with Gasteiger partial charge in [0.15, 0.2) is 0 Å². The fourth-order valence-electron chi connectivity index (χ4n) is 2.99. The first kappa shape index (κ1) is 19.7. The standard InChI is InChI=1S/C21H25N3OS2/c1-4-24(15(2)3)17-11-9-16(10-12-17)22-20(25)13-26-14-21-23-18-7-5-6-8-19(18)27-21/h5-12,15H,4,13-14H2,1-3H3,(H,22,25). The van der Waals surface area contributed by atoms with Crippen LogP contribution in [0.1, 0.15) is 25.8 Å². The molecule has 0 atom stereocenters. The number of carbonyl (C=O) groups excluding carboxylic acids is 1. The van der Waals surface area contributed by atoms with Crippen molar-refractivity contribution in [3.05, 3.63) is 53.5 Å². The van der Waals surface area contributed by atoms with Crippen LogP contribution in [0.2, 0.25) is 0 Å². The monoisotopic (exact) mass is 399 g/mol. The summed E-state index contributed by atoms with van der Waals surface area (Å²) in [5.74, 6) is 1.20. The number of anilines is 2. The highest BCUT2D eigenvalue weighted by Gasteiger charge is 2.09. The first-order valence-corrected chi connectivity index (χ1v) is 11.1. The maximum atomic E-state index is 12.2. The topological polar surface area (TPSA) is 45.2 Å². The molecule has 0 bridgehead atoms. The van der Waals surface area contributed by atoms with Crippen molar-refractivity contribution in [3.63, 3.8) is 0 Å². The summed E-state index contributed by atoms with van der Waals surface area (Å²) >= 11 is 3.29. The Kier molecular flexibility index (Phi) is 6.74. The molecule has 27 heavy (non-hydrogen) atoms. The molecule has 1 aromatic heterocycles. The molecule has 1 heterocycles. The molecule has 4 nitrogen and oxygen atoms in total.